The molecule has 0 spiro atoms. The number of piperazine rings is 1. The molecule has 2 heterocycles. The summed E-state index contributed by atoms with van der Waals surface area (Å²) in [5, 5.41) is 0. The molecular formula is C11H17N3O2. The normalized spacial score (nSPS) is 18.8. The van der Waals surface area contributed by atoms with Crippen molar-refractivity contribution in [2.75, 3.05) is 39.8 Å². The summed E-state index contributed by atoms with van der Waals surface area (Å²) in [5.74, 6) is 0.967. The first-order chi connectivity index (χ1) is 7.78. The molecule has 2 rings (SSSR count). The molecule has 0 saturated carbocycles. The third kappa shape index (κ3) is 2.90. The second kappa shape index (κ2) is 5.23. The van der Waals surface area contributed by atoms with Gasteiger partial charge in [-0.15, -0.1) is 0 Å². The highest BCUT2D eigenvalue weighted by Crippen LogP contribution is 2.05. The highest BCUT2D eigenvalue weighted by Gasteiger charge is 2.14. The lowest BCUT2D eigenvalue weighted by atomic mass is 10.3. The van der Waals surface area contributed by atoms with Gasteiger partial charge in [0.1, 0.15) is 0 Å². The van der Waals surface area contributed by atoms with E-state index in [1.54, 1.807) is 0 Å². The first-order valence-corrected chi connectivity index (χ1v) is 5.59. The Labute approximate surface area is 95.0 Å². The van der Waals surface area contributed by atoms with Crippen molar-refractivity contribution in [3.05, 3.63) is 17.8 Å². The summed E-state index contributed by atoms with van der Waals surface area (Å²) in [4.78, 5) is 19.2. The van der Waals surface area contributed by atoms with Crippen molar-refractivity contribution in [3.8, 4) is 0 Å². The van der Waals surface area contributed by atoms with E-state index < -0.39 is 0 Å². The monoisotopic (exact) mass is 223 g/mol. The molecule has 1 aliphatic rings. The number of hydrogen-bond acceptors (Lipinski definition) is 5. The predicted molar refractivity (Wildman–Crippen MR) is 59.5 cm³/mol. The maximum Gasteiger partial charge on any atom is 0.196 e. The van der Waals surface area contributed by atoms with E-state index in [9.17, 15) is 4.79 Å². The SMILES string of the molecule is CN1CCN(CCc2ncc(C=O)o2)CC1. The molecule has 1 saturated heterocycles. The molecule has 1 fully saturated rings. The molecule has 16 heavy (non-hydrogen) atoms. The number of rotatable bonds is 4. The average molecular weight is 223 g/mol. The number of nitrogens with zero attached hydrogens (tertiary/aromatic N) is 3. The minimum absolute atomic E-state index is 0.313. The van der Waals surface area contributed by atoms with Crippen molar-refractivity contribution in [1.82, 2.24) is 14.8 Å². The smallest absolute Gasteiger partial charge is 0.196 e. The maximum atomic E-state index is 10.4. The Morgan fingerprint density at radius 1 is 1.44 bits per heavy atom. The van der Waals surface area contributed by atoms with Gasteiger partial charge in [0.2, 0.25) is 0 Å². The molecular weight excluding hydrogens is 206 g/mol. The van der Waals surface area contributed by atoms with Crippen molar-refractivity contribution < 1.29 is 9.21 Å². The molecule has 0 radical (unpaired) electrons. The third-order valence-corrected chi connectivity index (χ3v) is 2.93. The molecule has 5 nitrogen and oxygen atoms in total. The predicted octanol–water partition coefficient (Wildman–Crippen LogP) is 0.277. The number of aromatic nitrogens is 1. The van der Waals surface area contributed by atoms with E-state index in [0.29, 0.717) is 17.9 Å². The fourth-order valence-corrected chi connectivity index (χ4v) is 1.82. The van der Waals surface area contributed by atoms with E-state index in [1.807, 2.05) is 0 Å². The van der Waals surface area contributed by atoms with Crippen molar-refractivity contribution in [1.29, 1.82) is 0 Å². The Bertz CT molecular complexity index is 343. The van der Waals surface area contributed by atoms with Crippen LogP contribution < -0.4 is 0 Å². The molecule has 0 N–H and O–H groups in total. The molecule has 0 aromatic carbocycles. The summed E-state index contributed by atoms with van der Waals surface area (Å²) in [5.41, 5.74) is 0. The summed E-state index contributed by atoms with van der Waals surface area (Å²) in [6.45, 7) is 5.37. The molecule has 1 aromatic rings. The first kappa shape index (κ1) is 11.3. The molecule has 0 unspecified atom stereocenters. The highest BCUT2D eigenvalue weighted by molar-refractivity contribution is 5.69. The zero-order valence-corrected chi connectivity index (χ0v) is 9.56. The van der Waals surface area contributed by atoms with Crippen LogP contribution in [0.15, 0.2) is 10.6 Å². The van der Waals surface area contributed by atoms with E-state index in [4.69, 9.17) is 4.42 Å². The van der Waals surface area contributed by atoms with Crippen molar-refractivity contribution in [2.24, 2.45) is 0 Å². The van der Waals surface area contributed by atoms with Gasteiger partial charge in [-0.25, -0.2) is 4.98 Å². The van der Waals surface area contributed by atoms with Gasteiger partial charge in [-0.1, -0.05) is 0 Å². The Kier molecular flexibility index (Phi) is 3.69. The van der Waals surface area contributed by atoms with Gasteiger partial charge in [-0.2, -0.15) is 0 Å². The molecule has 5 heteroatoms. The van der Waals surface area contributed by atoms with Crippen molar-refractivity contribution in [3.63, 3.8) is 0 Å². The summed E-state index contributed by atoms with van der Waals surface area (Å²) >= 11 is 0. The molecule has 0 atom stereocenters. The zero-order valence-electron chi connectivity index (χ0n) is 9.56. The number of aldehydes is 1. The van der Waals surface area contributed by atoms with Gasteiger partial charge in [0.05, 0.1) is 6.20 Å². The number of carbonyl (C=O) groups excluding carboxylic acids is 1. The van der Waals surface area contributed by atoms with Crippen LogP contribution in [-0.4, -0.2) is 60.8 Å². The van der Waals surface area contributed by atoms with Gasteiger partial charge >= 0.3 is 0 Å². The van der Waals surface area contributed by atoms with Gasteiger partial charge in [0.15, 0.2) is 17.9 Å². The van der Waals surface area contributed by atoms with Crippen LogP contribution >= 0.6 is 0 Å². The molecule has 0 amide bonds. The Balaban J connectivity index is 1.76. The van der Waals surface area contributed by atoms with Crippen LogP contribution in [0, 0.1) is 0 Å². The summed E-state index contributed by atoms with van der Waals surface area (Å²) in [6.07, 6.45) is 2.94. The van der Waals surface area contributed by atoms with E-state index in [2.05, 4.69) is 21.8 Å². The third-order valence-electron chi connectivity index (χ3n) is 2.93. The van der Waals surface area contributed by atoms with Gasteiger partial charge in [-0.05, 0) is 7.05 Å². The highest BCUT2D eigenvalue weighted by atomic mass is 16.4. The Hall–Kier alpha value is -1.20. The second-order valence-corrected chi connectivity index (χ2v) is 4.17. The number of likely N-dealkylation sites (N-methyl/N-ethyl adjacent to an activating group) is 1. The summed E-state index contributed by atoms with van der Waals surface area (Å²) < 4.78 is 5.23. The van der Waals surface area contributed by atoms with E-state index in [-0.39, 0.29) is 0 Å². The molecule has 1 aromatic heterocycles. The van der Waals surface area contributed by atoms with E-state index >= 15 is 0 Å². The lowest BCUT2D eigenvalue weighted by molar-refractivity contribution is 0.109. The Morgan fingerprint density at radius 3 is 2.81 bits per heavy atom. The van der Waals surface area contributed by atoms with Crippen LogP contribution in [0.1, 0.15) is 16.4 Å². The van der Waals surface area contributed by atoms with Gasteiger partial charge in [-0.3, -0.25) is 4.79 Å². The molecule has 0 bridgehead atoms. The van der Waals surface area contributed by atoms with Crippen LogP contribution in [0.3, 0.4) is 0 Å². The largest absolute Gasteiger partial charge is 0.438 e. The van der Waals surface area contributed by atoms with Crippen molar-refractivity contribution in [2.45, 2.75) is 6.42 Å². The summed E-state index contributed by atoms with van der Waals surface area (Å²) in [6, 6.07) is 0. The second-order valence-electron chi connectivity index (χ2n) is 4.17. The van der Waals surface area contributed by atoms with Crippen LogP contribution in [0.5, 0.6) is 0 Å². The molecule has 88 valence electrons. The number of hydrogen-bond donors (Lipinski definition) is 0. The molecule has 1 aliphatic heterocycles. The fourth-order valence-electron chi connectivity index (χ4n) is 1.82. The fraction of sp³-hybridized carbons (Fsp3) is 0.636. The van der Waals surface area contributed by atoms with Crippen molar-refractivity contribution >= 4 is 6.29 Å². The van der Waals surface area contributed by atoms with E-state index in [0.717, 1.165) is 39.1 Å². The average Bonchev–Trinajstić information content (AvgIpc) is 2.76. The maximum absolute atomic E-state index is 10.4. The summed E-state index contributed by atoms with van der Waals surface area (Å²) in [7, 11) is 2.14. The van der Waals surface area contributed by atoms with Crippen LogP contribution in [0.2, 0.25) is 0 Å². The lowest BCUT2D eigenvalue weighted by Crippen LogP contribution is -2.45. The quantitative estimate of drug-likeness (QED) is 0.686. The topological polar surface area (TPSA) is 49.6 Å². The minimum Gasteiger partial charge on any atom is -0.438 e. The molecule has 0 aliphatic carbocycles. The van der Waals surface area contributed by atoms with Gasteiger partial charge < -0.3 is 14.2 Å². The van der Waals surface area contributed by atoms with Gasteiger partial charge in [0, 0.05) is 39.1 Å². The van der Waals surface area contributed by atoms with Crippen LogP contribution in [-0.2, 0) is 6.42 Å². The zero-order chi connectivity index (χ0) is 11.4. The standard InChI is InChI=1S/C11H17N3O2/c1-13-4-6-14(7-5-13)3-2-11-12-8-10(9-15)16-11/h8-9H,2-7H2,1H3. The Morgan fingerprint density at radius 2 is 2.19 bits per heavy atom. The van der Waals surface area contributed by atoms with Crippen LogP contribution in [0.4, 0.5) is 0 Å². The van der Waals surface area contributed by atoms with E-state index in [1.165, 1.54) is 6.20 Å². The van der Waals surface area contributed by atoms with Crippen LogP contribution in [0.25, 0.3) is 0 Å². The first-order valence-electron chi connectivity index (χ1n) is 5.59. The lowest BCUT2D eigenvalue weighted by Gasteiger charge is -2.31. The van der Waals surface area contributed by atoms with Gasteiger partial charge in [0.25, 0.3) is 0 Å². The minimum atomic E-state index is 0.313. The number of oxazole rings is 1. The number of carbonyl (C=O) groups is 1.